The third-order valence-corrected chi connectivity index (χ3v) is 5.89. The fraction of sp³-hybridized carbons (Fsp3) is 0.462. The molecule has 7 heteroatoms. The number of hydrogen-bond donors (Lipinski definition) is 0. The van der Waals surface area contributed by atoms with Gasteiger partial charge in [-0.25, -0.2) is 13.4 Å². The molecule has 3 rings (SSSR count). The Hall–Kier alpha value is -1.18. The van der Waals surface area contributed by atoms with E-state index in [4.69, 9.17) is 0 Å². The molecule has 1 aliphatic heterocycles. The first-order chi connectivity index (χ1) is 9.43. The first kappa shape index (κ1) is 13.8. The average molecular weight is 311 g/mol. The van der Waals surface area contributed by atoms with Gasteiger partial charge in [-0.15, -0.1) is 0 Å². The van der Waals surface area contributed by atoms with E-state index in [1.807, 2.05) is 6.07 Å². The number of nitrogens with zero attached hydrogens (tertiary/aromatic N) is 3. The van der Waals surface area contributed by atoms with E-state index in [0.29, 0.717) is 26.2 Å². The van der Waals surface area contributed by atoms with Crippen LogP contribution in [-0.4, -0.2) is 50.1 Å². The van der Waals surface area contributed by atoms with E-state index in [0.717, 1.165) is 10.6 Å². The van der Waals surface area contributed by atoms with Crippen LogP contribution >= 0.6 is 11.3 Å². The topological polar surface area (TPSA) is 53.5 Å². The van der Waals surface area contributed by atoms with Crippen molar-refractivity contribution in [2.45, 2.75) is 6.92 Å². The third kappa shape index (κ3) is 2.65. The van der Waals surface area contributed by atoms with Gasteiger partial charge in [0.25, 0.3) is 0 Å². The Morgan fingerprint density at radius 3 is 2.55 bits per heavy atom. The number of sulfonamides is 1. The summed E-state index contributed by atoms with van der Waals surface area (Å²) >= 11 is 1.67. The standard InChI is InChI=1S/C13H17N3O2S2/c1-10-3-4-11-12(9-10)19-13(14-11)15-5-7-16(8-6-15)20(2,17)18/h3-4,9H,5-8H2,1-2H3. The lowest BCUT2D eigenvalue weighted by molar-refractivity contribution is 0.388. The summed E-state index contributed by atoms with van der Waals surface area (Å²) in [7, 11) is -3.07. The van der Waals surface area contributed by atoms with Gasteiger partial charge < -0.3 is 4.90 Å². The Bertz CT molecular complexity index is 731. The van der Waals surface area contributed by atoms with Gasteiger partial charge >= 0.3 is 0 Å². The zero-order valence-electron chi connectivity index (χ0n) is 11.5. The number of piperazine rings is 1. The molecule has 0 unspecified atom stereocenters. The summed E-state index contributed by atoms with van der Waals surface area (Å²) < 4.78 is 25.7. The molecular weight excluding hydrogens is 294 g/mol. The Balaban J connectivity index is 1.80. The van der Waals surface area contributed by atoms with Crippen LogP contribution in [0.1, 0.15) is 5.56 Å². The van der Waals surface area contributed by atoms with E-state index >= 15 is 0 Å². The van der Waals surface area contributed by atoms with Gasteiger partial charge in [-0.2, -0.15) is 4.31 Å². The van der Waals surface area contributed by atoms with Gasteiger partial charge in [0.2, 0.25) is 10.0 Å². The van der Waals surface area contributed by atoms with Crippen LogP contribution in [0.15, 0.2) is 18.2 Å². The molecule has 2 heterocycles. The fourth-order valence-corrected chi connectivity index (χ4v) is 4.31. The number of aromatic nitrogens is 1. The Kier molecular flexibility index (Phi) is 3.43. The molecule has 1 saturated heterocycles. The van der Waals surface area contributed by atoms with Crippen molar-refractivity contribution in [2.24, 2.45) is 0 Å². The summed E-state index contributed by atoms with van der Waals surface area (Å²) in [5, 5.41) is 0.985. The second-order valence-electron chi connectivity index (χ2n) is 5.12. The molecule has 5 nitrogen and oxygen atoms in total. The number of thiazole rings is 1. The molecule has 1 fully saturated rings. The van der Waals surface area contributed by atoms with Gasteiger partial charge in [0, 0.05) is 26.2 Å². The van der Waals surface area contributed by atoms with Crippen LogP contribution in [0.25, 0.3) is 10.2 Å². The summed E-state index contributed by atoms with van der Waals surface area (Å²) in [6.45, 7) is 4.54. The molecular formula is C13H17N3O2S2. The lowest BCUT2D eigenvalue weighted by atomic mass is 10.2. The maximum absolute atomic E-state index is 11.5. The van der Waals surface area contributed by atoms with Crippen molar-refractivity contribution in [1.82, 2.24) is 9.29 Å². The second-order valence-corrected chi connectivity index (χ2v) is 8.11. The molecule has 0 aliphatic carbocycles. The van der Waals surface area contributed by atoms with Crippen LogP contribution in [0.5, 0.6) is 0 Å². The first-order valence-electron chi connectivity index (χ1n) is 6.51. The fourth-order valence-electron chi connectivity index (χ4n) is 2.37. The average Bonchev–Trinajstić information content (AvgIpc) is 2.80. The maximum atomic E-state index is 11.5. The van der Waals surface area contributed by atoms with Crippen molar-refractivity contribution in [3.63, 3.8) is 0 Å². The summed E-state index contributed by atoms with van der Waals surface area (Å²) in [5.74, 6) is 0. The number of fused-ring (bicyclic) bond motifs is 1. The van der Waals surface area contributed by atoms with E-state index in [2.05, 4.69) is 28.9 Å². The molecule has 0 spiro atoms. The van der Waals surface area contributed by atoms with Crippen LogP contribution in [0.2, 0.25) is 0 Å². The number of rotatable bonds is 2. The lowest BCUT2D eigenvalue weighted by Crippen LogP contribution is -2.48. The molecule has 2 aromatic rings. The van der Waals surface area contributed by atoms with Crippen molar-refractivity contribution < 1.29 is 8.42 Å². The molecule has 1 aromatic heterocycles. The molecule has 0 N–H and O–H groups in total. The Labute approximate surface area is 122 Å². The Morgan fingerprint density at radius 1 is 1.20 bits per heavy atom. The van der Waals surface area contributed by atoms with Crippen LogP contribution in [0.4, 0.5) is 5.13 Å². The SMILES string of the molecule is Cc1ccc2nc(N3CCN(S(C)(=O)=O)CC3)sc2c1. The molecule has 1 aromatic carbocycles. The minimum absolute atomic E-state index is 0.536. The van der Waals surface area contributed by atoms with Crippen LogP contribution in [0, 0.1) is 6.92 Å². The van der Waals surface area contributed by atoms with Crippen LogP contribution < -0.4 is 4.90 Å². The second kappa shape index (κ2) is 4.98. The minimum atomic E-state index is -3.07. The van der Waals surface area contributed by atoms with Crippen molar-refractivity contribution in [1.29, 1.82) is 0 Å². The number of aryl methyl sites for hydroxylation is 1. The molecule has 20 heavy (non-hydrogen) atoms. The highest BCUT2D eigenvalue weighted by molar-refractivity contribution is 7.88. The number of benzene rings is 1. The summed E-state index contributed by atoms with van der Waals surface area (Å²) in [6, 6.07) is 6.24. The maximum Gasteiger partial charge on any atom is 0.211 e. The Morgan fingerprint density at radius 2 is 1.90 bits per heavy atom. The zero-order valence-corrected chi connectivity index (χ0v) is 13.2. The molecule has 0 atom stereocenters. The lowest BCUT2D eigenvalue weighted by Gasteiger charge is -2.32. The largest absolute Gasteiger partial charge is 0.345 e. The van der Waals surface area contributed by atoms with Gasteiger partial charge in [0.15, 0.2) is 5.13 Å². The molecule has 0 amide bonds. The van der Waals surface area contributed by atoms with Crippen molar-refractivity contribution in [3.05, 3.63) is 23.8 Å². The molecule has 108 valence electrons. The van der Waals surface area contributed by atoms with Crippen molar-refractivity contribution >= 4 is 36.7 Å². The smallest absolute Gasteiger partial charge is 0.211 e. The highest BCUT2D eigenvalue weighted by Crippen LogP contribution is 2.30. The third-order valence-electron chi connectivity index (χ3n) is 3.51. The number of anilines is 1. The predicted molar refractivity (Wildman–Crippen MR) is 83.0 cm³/mol. The van der Waals surface area contributed by atoms with E-state index in [-0.39, 0.29) is 0 Å². The van der Waals surface area contributed by atoms with E-state index in [1.165, 1.54) is 20.8 Å². The highest BCUT2D eigenvalue weighted by atomic mass is 32.2. The molecule has 0 radical (unpaired) electrons. The summed E-state index contributed by atoms with van der Waals surface area (Å²) in [5.41, 5.74) is 2.25. The predicted octanol–water partition coefficient (Wildman–Crippen LogP) is 1.69. The van der Waals surface area contributed by atoms with E-state index in [1.54, 1.807) is 11.3 Å². The normalized spacial score (nSPS) is 17.8. The number of hydrogen-bond acceptors (Lipinski definition) is 5. The highest BCUT2D eigenvalue weighted by Gasteiger charge is 2.24. The van der Waals surface area contributed by atoms with Crippen LogP contribution in [0.3, 0.4) is 0 Å². The summed E-state index contributed by atoms with van der Waals surface area (Å²) in [4.78, 5) is 6.81. The molecule has 1 aliphatic rings. The van der Waals surface area contributed by atoms with Crippen molar-refractivity contribution in [3.8, 4) is 0 Å². The zero-order chi connectivity index (χ0) is 14.3. The van der Waals surface area contributed by atoms with Gasteiger partial charge in [-0.3, -0.25) is 0 Å². The van der Waals surface area contributed by atoms with Gasteiger partial charge in [0.05, 0.1) is 16.5 Å². The minimum Gasteiger partial charge on any atom is -0.345 e. The quantitative estimate of drug-likeness (QED) is 0.847. The first-order valence-corrected chi connectivity index (χ1v) is 9.17. The summed E-state index contributed by atoms with van der Waals surface area (Å²) in [6.07, 6.45) is 1.27. The van der Waals surface area contributed by atoms with Gasteiger partial charge in [-0.05, 0) is 24.6 Å². The molecule has 0 bridgehead atoms. The molecule has 0 saturated carbocycles. The van der Waals surface area contributed by atoms with Gasteiger partial charge in [0.1, 0.15) is 0 Å². The van der Waals surface area contributed by atoms with E-state index in [9.17, 15) is 8.42 Å². The van der Waals surface area contributed by atoms with Gasteiger partial charge in [-0.1, -0.05) is 17.4 Å². The van der Waals surface area contributed by atoms with Crippen LogP contribution in [-0.2, 0) is 10.0 Å². The van der Waals surface area contributed by atoms with E-state index < -0.39 is 10.0 Å². The van der Waals surface area contributed by atoms with Crippen molar-refractivity contribution in [2.75, 3.05) is 37.3 Å². The monoisotopic (exact) mass is 311 g/mol.